The van der Waals surface area contributed by atoms with Crippen LogP contribution in [0.4, 0.5) is 0 Å². The van der Waals surface area contributed by atoms with Gasteiger partial charge in [-0.1, -0.05) is 34.6 Å². The van der Waals surface area contributed by atoms with E-state index in [0.717, 1.165) is 25.9 Å². The Balaban J connectivity index is 2.87. The van der Waals surface area contributed by atoms with Crippen molar-refractivity contribution in [3.63, 3.8) is 0 Å². The van der Waals surface area contributed by atoms with Gasteiger partial charge in [-0.05, 0) is 27.0 Å². The lowest BCUT2D eigenvalue weighted by molar-refractivity contribution is -0.135. The molecule has 0 fully saturated rings. The Morgan fingerprint density at radius 2 is 1.84 bits per heavy atom. The third-order valence-electron chi connectivity index (χ3n) is 2.61. The second-order valence-corrected chi connectivity index (χ2v) is 6.15. The standard InChI is InChI=1S/C14H20INO3/c1-4-6-16(7-5-2)13(17)11-8-12(10-15-9-11)14(18)19-3/h8-10H,4-7H2,1-3H3. The number of carbonyl (C=O) groups is 2. The third-order valence-corrected chi connectivity index (χ3v) is 4.68. The zero-order valence-electron chi connectivity index (χ0n) is 11.6. The molecule has 1 aliphatic rings. The molecule has 0 spiro atoms. The molecule has 0 saturated carbocycles. The Hall–Kier alpha value is -0.980. The molecule has 1 aliphatic heterocycles. The summed E-state index contributed by atoms with van der Waals surface area (Å²) in [6, 6.07) is 0. The van der Waals surface area contributed by atoms with E-state index in [4.69, 9.17) is 4.74 Å². The summed E-state index contributed by atoms with van der Waals surface area (Å²) in [6.07, 6.45) is 3.53. The lowest BCUT2D eigenvalue weighted by atomic mass is 10.1. The van der Waals surface area contributed by atoms with Crippen LogP contribution in [0.3, 0.4) is 0 Å². The summed E-state index contributed by atoms with van der Waals surface area (Å²) in [7, 11) is 1.36. The quantitative estimate of drug-likeness (QED) is 0.528. The molecule has 0 aromatic rings. The first-order chi connectivity index (χ1) is 9.13. The largest absolute Gasteiger partial charge is 0.465 e. The first-order valence-electron chi connectivity index (χ1n) is 6.38. The van der Waals surface area contributed by atoms with Gasteiger partial charge in [-0.25, -0.2) is 4.79 Å². The summed E-state index contributed by atoms with van der Waals surface area (Å²) in [5, 5.41) is 0. The molecule has 19 heavy (non-hydrogen) atoms. The molecule has 0 aromatic carbocycles. The van der Waals surface area contributed by atoms with E-state index < -0.39 is 0 Å². The maximum absolute atomic E-state index is 12.4. The number of amides is 1. The fraction of sp³-hybridized carbons (Fsp3) is 0.500. The zero-order chi connectivity index (χ0) is 14.3. The van der Waals surface area contributed by atoms with Crippen molar-refractivity contribution < 1.29 is 14.3 Å². The van der Waals surface area contributed by atoms with Gasteiger partial charge in [0.05, 0.1) is 12.7 Å². The van der Waals surface area contributed by atoms with Crippen LogP contribution in [0.1, 0.15) is 26.7 Å². The van der Waals surface area contributed by atoms with Gasteiger partial charge >= 0.3 is 5.97 Å². The predicted molar refractivity (Wildman–Crippen MR) is 85.4 cm³/mol. The second kappa shape index (κ2) is 8.24. The van der Waals surface area contributed by atoms with Gasteiger partial charge in [-0.15, -0.1) is 0 Å². The smallest absolute Gasteiger partial charge is 0.338 e. The lowest BCUT2D eigenvalue weighted by Gasteiger charge is -2.22. The van der Waals surface area contributed by atoms with Gasteiger partial charge in [-0.3, -0.25) is 4.79 Å². The van der Waals surface area contributed by atoms with Gasteiger partial charge in [0, 0.05) is 18.7 Å². The van der Waals surface area contributed by atoms with Crippen LogP contribution in [-0.4, -0.2) is 41.0 Å². The molecular weight excluding hydrogens is 357 g/mol. The highest BCUT2D eigenvalue weighted by atomic mass is 127. The molecule has 0 aliphatic carbocycles. The Morgan fingerprint density at radius 3 is 2.37 bits per heavy atom. The monoisotopic (exact) mass is 377 g/mol. The number of halogens is 1. The minimum Gasteiger partial charge on any atom is -0.465 e. The van der Waals surface area contributed by atoms with Crippen molar-refractivity contribution in [1.29, 1.82) is 0 Å². The first kappa shape index (κ1) is 16.1. The average molecular weight is 377 g/mol. The molecule has 0 saturated heterocycles. The predicted octanol–water partition coefficient (Wildman–Crippen LogP) is 2.40. The normalized spacial score (nSPS) is 14.1. The van der Waals surface area contributed by atoms with Crippen LogP contribution >= 0.6 is 20.7 Å². The number of hydrogen-bond donors (Lipinski definition) is 0. The van der Waals surface area contributed by atoms with Crippen molar-refractivity contribution in [2.45, 2.75) is 26.7 Å². The molecule has 1 rings (SSSR count). The second-order valence-electron chi connectivity index (χ2n) is 4.18. The Labute approximate surface area is 124 Å². The van der Waals surface area contributed by atoms with Crippen LogP contribution in [0.2, 0.25) is 0 Å². The van der Waals surface area contributed by atoms with Crippen molar-refractivity contribution in [2.75, 3.05) is 20.2 Å². The summed E-state index contributed by atoms with van der Waals surface area (Å²) in [6.45, 7) is 5.63. The molecule has 4 nitrogen and oxygen atoms in total. The minimum absolute atomic E-state index is 0.0258. The Kier molecular flexibility index (Phi) is 6.97. The number of esters is 1. The van der Waals surface area contributed by atoms with Gasteiger partial charge in [-0.2, -0.15) is 0 Å². The van der Waals surface area contributed by atoms with E-state index >= 15 is 0 Å². The summed E-state index contributed by atoms with van der Waals surface area (Å²) in [5.74, 6) is -0.339. The molecule has 0 radical (unpaired) electrons. The minimum atomic E-state index is -0.388. The maximum Gasteiger partial charge on any atom is 0.338 e. The number of ether oxygens (including phenoxy) is 1. The molecule has 0 aromatic heterocycles. The highest BCUT2D eigenvalue weighted by Gasteiger charge is 2.19. The van der Waals surface area contributed by atoms with Gasteiger partial charge in [0.2, 0.25) is 0 Å². The number of hydrogen-bond acceptors (Lipinski definition) is 3. The van der Waals surface area contributed by atoms with Gasteiger partial charge in [0.15, 0.2) is 0 Å². The van der Waals surface area contributed by atoms with Crippen molar-refractivity contribution in [3.05, 3.63) is 21.3 Å². The molecule has 0 N–H and O–H groups in total. The number of nitrogens with zero attached hydrogens (tertiary/aromatic N) is 1. The van der Waals surface area contributed by atoms with Crippen molar-refractivity contribution in [3.8, 4) is 0 Å². The summed E-state index contributed by atoms with van der Waals surface area (Å²) in [5.41, 5.74) is 1.15. The van der Waals surface area contributed by atoms with Gasteiger partial charge < -0.3 is 9.64 Å². The SMILES string of the molecule is CCCN(CCC)C(=O)C1=CI=CC(C(=O)OC)=C1. The molecule has 0 unspecified atom stereocenters. The topological polar surface area (TPSA) is 46.6 Å². The summed E-state index contributed by atoms with van der Waals surface area (Å²) >= 11 is -0.388. The van der Waals surface area contributed by atoms with Crippen LogP contribution in [0.15, 0.2) is 21.3 Å². The van der Waals surface area contributed by atoms with Crippen molar-refractivity contribution >= 4 is 36.6 Å². The molecule has 0 bridgehead atoms. The van der Waals surface area contributed by atoms with Crippen molar-refractivity contribution in [2.24, 2.45) is 0 Å². The zero-order valence-corrected chi connectivity index (χ0v) is 13.8. The molecular formula is C14H20INO3. The lowest BCUT2D eigenvalue weighted by Crippen LogP contribution is -2.33. The Bertz CT molecular complexity index is 432. The van der Waals surface area contributed by atoms with E-state index in [1.54, 1.807) is 6.08 Å². The van der Waals surface area contributed by atoms with Crippen LogP contribution in [0.25, 0.3) is 0 Å². The van der Waals surface area contributed by atoms with Crippen LogP contribution in [0, 0.1) is 0 Å². The number of rotatable bonds is 6. The van der Waals surface area contributed by atoms with Crippen molar-refractivity contribution in [1.82, 2.24) is 4.90 Å². The average Bonchev–Trinajstić information content (AvgIpc) is 2.45. The summed E-state index contributed by atoms with van der Waals surface area (Å²) in [4.78, 5) is 25.8. The first-order valence-corrected chi connectivity index (χ1v) is 8.87. The fourth-order valence-corrected chi connectivity index (χ4v) is 3.60. The maximum atomic E-state index is 12.4. The van der Waals surface area contributed by atoms with E-state index in [2.05, 4.69) is 13.8 Å². The molecule has 5 heteroatoms. The van der Waals surface area contributed by atoms with Crippen LogP contribution in [0.5, 0.6) is 0 Å². The number of methoxy groups -OCH3 is 1. The molecule has 0 atom stereocenters. The van der Waals surface area contributed by atoms with E-state index in [0.29, 0.717) is 11.1 Å². The van der Waals surface area contributed by atoms with E-state index in [1.165, 1.54) is 7.11 Å². The summed E-state index contributed by atoms with van der Waals surface area (Å²) < 4.78 is 8.54. The molecule has 1 amide bonds. The highest BCUT2D eigenvalue weighted by molar-refractivity contribution is 14.2. The van der Waals surface area contributed by atoms with Crippen LogP contribution in [-0.2, 0) is 14.3 Å². The number of carbonyl (C=O) groups excluding carboxylic acids is 2. The third kappa shape index (κ3) is 4.56. The van der Waals surface area contributed by atoms with Crippen LogP contribution < -0.4 is 0 Å². The fourth-order valence-electron chi connectivity index (χ4n) is 1.76. The van der Waals surface area contributed by atoms with E-state index in [-0.39, 0.29) is 32.6 Å². The highest BCUT2D eigenvalue weighted by Crippen LogP contribution is 2.19. The van der Waals surface area contributed by atoms with E-state index in [9.17, 15) is 9.59 Å². The van der Waals surface area contributed by atoms with Gasteiger partial charge in [0.1, 0.15) is 0 Å². The van der Waals surface area contributed by atoms with E-state index in [1.807, 2.05) is 13.0 Å². The molecule has 106 valence electrons. The molecule has 1 heterocycles. The Morgan fingerprint density at radius 1 is 1.21 bits per heavy atom. The van der Waals surface area contributed by atoms with Gasteiger partial charge in [0.25, 0.3) is 5.91 Å².